The highest BCUT2D eigenvalue weighted by Gasteiger charge is 2.02. The van der Waals surface area contributed by atoms with E-state index in [9.17, 15) is 9.18 Å². The van der Waals surface area contributed by atoms with Gasteiger partial charge in [-0.15, -0.1) is 0 Å². The van der Waals surface area contributed by atoms with Crippen molar-refractivity contribution in [3.8, 4) is 11.1 Å². The maximum absolute atomic E-state index is 12.9. The van der Waals surface area contributed by atoms with Crippen LogP contribution >= 0.6 is 0 Å². The predicted molar refractivity (Wildman–Crippen MR) is 82.1 cm³/mol. The lowest BCUT2D eigenvalue weighted by atomic mass is 10.0. The SMILES string of the molecule is CCOC(=O)/C=C(\C)c1ccc(-c2ccc(F)cc2)cc1. The Kier molecular flexibility index (Phi) is 4.88. The molecule has 0 heterocycles. The zero-order valence-electron chi connectivity index (χ0n) is 12.1. The largest absolute Gasteiger partial charge is 0.463 e. The summed E-state index contributed by atoms with van der Waals surface area (Å²) < 4.78 is 17.8. The second-order valence-electron chi connectivity index (χ2n) is 4.66. The molecule has 0 aliphatic rings. The summed E-state index contributed by atoms with van der Waals surface area (Å²) in [6.45, 7) is 4.01. The highest BCUT2D eigenvalue weighted by Crippen LogP contribution is 2.22. The van der Waals surface area contributed by atoms with Gasteiger partial charge in [0, 0.05) is 6.08 Å². The minimum atomic E-state index is -0.336. The van der Waals surface area contributed by atoms with Gasteiger partial charge in [-0.3, -0.25) is 0 Å². The second kappa shape index (κ2) is 6.84. The Morgan fingerprint density at radius 3 is 2.10 bits per heavy atom. The number of rotatable bonds is 4. The predicted octanol–water partition coefficient (Wildman–Crippen LogP) is 4.46. The Morgan fingerprint density at radius 1 is 1.05 bits per heavy atom. The first kappa shape index (κ1) is 15.0. The van der Waals surface area contributed by atoms with Crippen LogP contribution in [-0.4, -0.2) is 12.6 Å². The van der Waals surface area contributed by atoms with E-state index in [0.29, 0.717) is 6.61 Å². The van der Waals surface area contributed by atoms with Crippen molar-refractivity contribution in [2.75, 3.05) is 6.61 Å². The molecule has 0 spiro atoms. The van der Waals surface area contributed by atoms with Crippen LogP contribution in [0.1, 0.15) is 19.4 Å². The topological polar surface area (TPSA) is 26.3 Å². The molecular weight excluding hydrogens is 267 g/mol. The molecule has 0 aliphatic carbocycles. The maximum atomic E-state index is 12.9. The number of carbonyl (C=O) groups is 1. The number of allylic oxidation sites excluding steroid dienone is 1. The summed E-state index contributed by atoms with van der Waals surface area (Å²) >= 11 is 0. The van der Waals surface area contributed by atoms with Gasteiger partial charge in [0.2, 0.25) is 0 Å². The number of carbonyl (C=O) groups excluding carboxylic acids is 1. The van der Waals surface area contributed by atoms with Gasteiger partial charge in [0.1, 0.15) is 5.82 Å². The van der Waals surface area contributed by atoms with Crippen LogP contribution in [0.25, 0.3) is 16.7 Å². The summed E-state index contributed by atoms with van der Waals surface area (Å²) in [5.74, 6) is -0.582. The van der Waals surface area contributed by atoms with Crippen molar-refractivity contribution in [3.63, 3.8) is 0 Å². The normalized spacial score (nSPS) is 11.3. The van der Waals surface area contributed by atoms with Crippen LogP contribution in [0, 0.1) is 5.82 Å². The van der Waals surface area contributed by atoms with Crippen molar-refractivity contribution in [3.05, 3.63) is 66.0 Å². The third-order valence-corrected chi connectivity index (χ3v) is 3.14. The molecule has 0 N–H and O–H groups in total. The molecule has 0 saturated carbocycles. The molecule has 108 valence electrons. The standard InChI is InChI=1S/C18H17FO2/c1-3-21-18(20)12-13(2)14-4-6-15(7-5-14)16-8-10-17(19)11-9-16/h4-12H,3H2,1-2H3/b13-12+. The third-order valence-electron chi connectivity index (χ3n) is 3.14. The molecule has 0 bridgehead atoms. The Morgan fingerprint density at radius 2 is 1.57 bits per heavy atom. The van der Waals surface area contributed by atoms with Crippen LogP contribution in [0.2, 0.25) is 0 Å². The Balaban J connectivity index is 2.19. The minimum Gasteiger partial charge on any atom is -0.463 e. The zero-order valence-corrected chi connectivity index (χ0v) is 12.1. The van der Waals surface area contributed by atoms with Crippen LogP contribution in [0.3, 0.4) is 0 Å². The van der Waals surface area contributed by atoms with Crippen molar-refractivity contribution in [2.24, 2.45) is 0 Å². The second-order valence-corrected chi connectivity index (χ2v) is 4.66. The highest BCUT2D eigenvalue weighted by atomic mass is 19.1. The van der Waals surface area contributed by atoms with Crippen molar-refractivity contribution in [1.82, 2.24) is 0 Å². The van der Waals surface area contributed by atoms with Gasteiger partial charge in [-0.05, 0) is 48.2 Å². The van der Waals surface area contributed by atoms with E-state index >= 15 is 0 Å². The molecule has 0 fully saturated rings. The van der Waals surface area contributed by atoms with Crippen LogP contribution in [0.15, 0.2) is 54.6 Å². The van der Waals surface area contributed by atoms with Gasteiger partial charge in [0.05, 0.1) is 6.61 Å². The van der Waals surface area contributed by atoms with E-state index in [2.05, 4.69) is 0 Å². The van der Waals surface area contributed by atoms with Crippen molar-refractivity contribution in [1.29, 1.82) is 0 Å². The fourth-order valence-corrected chi connectivity index (χ4v) is 2.01. The van der Waals surface area contributed by atoms with E-state index in [0.717, 1.165) is 22.3 Å². The average molecular weight is 284 g/mol. The summed E-state index contributed by atoms with van der Waals surface area (Å²) in [5, 5.41) is 0. The van der Waals surface area contributed by atoms with Crippen molar-refractivity contribution < 1.29 is 13.9 Å². The fourth-order valence-electron chi connectivity index (χ4n) is 2.01. The van der Waals surface area contributed by atoms with E-state index in [1.54, 1.807) is 19.1 Å². The molecule has 2 aromatic rings. The molecule has 21 heavy (non-hydrogen) atoms. The smallest absolute Gasteiger partial charge is 0.331 e. The summed E-state index contributed by atoms with van der Waals surface area (Å²) in [6.07, 6.45) is 1.48. The summed E-state index contributed by atoms with van der Waals surface area (Å²) in [7, 11) is 0. The fraction of sp³-hybridized carbons (Fsp3) is 0.167. The number of halogens is 1. The summed E-state index contributed by atoms with van der Waals surface area (Å²) in [4.78, 5) is 11.4. The van der Waals surface area contributed by atoms with Gasteiger partial charge >= 0.3 is 5.97 Å². The number of benzene rings is 2. The maximum Gasteiger partial charge on any atom is 0.331 e. The zero-order chi connectivity index (χ0) is 15.2. The molecule has 3 heteroatoms. The first-order valence-electron chi connectivity index (χ1n) is 6.81. The molecule has 0 unspecified atom stereocenters. The van der Waals surface area contributed by atoms with Crippen molar-refractivity contribution >= 4 is 11.5 Å². The molecule has 0 saturated heterocycles. The molecule has 0 aromatic heterocycles. The van der Waals surface area contributed by atoms with Gasteiger partial charge in [-0.2, -0.15) is 0 Å². The molecule has 2 rings (SSSR count). The number of hydrogen-bond acceptors (Lipinski definition) is 2. The Labute approximate surface area is 123 Å². The van der Waals surface area contributed by atoms with Gasteiger partial charge in [-0.1, -0.05) is 36.4 Å². The average Bonchev–Trinajstić information content (AvgIpc) is 2.48. The Hall–Kier alpha value is -2.42. The van der Waals surface area contributed by atoms with Crippen LogP contribution in [-0.2, 0) is 9.53 Å². The highest BCUT2D eigenvalue weighted by molar-refractivity contribution is 5.91. The van der Waals surface area contributed by atoms with Crippen LogP contribution < -0.4 is 0 Å². The molecule has 0 radical (unpaired) electrons. The summed E-state index contributed by atoms with van der Waals surface area (Å²) in [6, 6.07) is 14.1. The lowest BCUT2D eigenvalue weighted by molar-refractivity contribution is -0.137. The van der Waals surface area contributed by atoms with E-state index in [1.807, 2.05) is 31.2 Å². The minimum absolute atomic E-state index is 0.247. The van der Waals surface area contributed by atoms with E-state index in [1.165, 1.54) is 18.2 Å². The quantitative estimate of drug-likeness (QED) is 0.612. The van der Waals surface area contributed by atoms with Gasteiger partial charge < -0.3 is 4.74 Å². The number of hydrogen-bond donors (Lipinski definition) is 0. The monoisotopic (exact) mass is 284 g/mol. The van der Waals surface area contributed by atoms with Gasteiger partial charge in [-0.25, -0.2) is 9.18 Å². The molecule has 0 amide bonds. The molecule has 2 aromatic carbocycles. The van der Waals surface area contributed by atoms with Crippen molar-refractivity contribution in [2.45, 2.75) is 13.8 Å². The lowest BCUT2D eigenvalue weighted by Crippen LogP contribution is -2.00. The Bertz CT molecular complexity index is 640. The molecule has 2 nitrogen and oxygen atoms in total. The van der Waals surface area contributed by atoms with Gasteiger partial charge in [0.25, 0.3) is 0 Å². The number of esters is 1. The lowest BCUT2D eigenvalue weighted by Gasteiger charge is -2.05. The third kappa shape index (κ3) is 4.02. The number of ether oxygens (including phenoxy) is 1. The molecular formula is C18H17FO2. The first-order chi connectivity index (χ1) is 10.1. The van der Waals surface area contributed by atoms with Gasteiger partial charge in [0.15, 0.2) is 0 Å². The molecule has 0 atom stereocenters. The van der Waals surface area contributed by atoms with Crippen LogP contribution in [0.4, 0.5) is 4.39 Å². The van der Waals surface area contributed by atoms with E-state index in [4.69, 9.17) is 4.74 Å². The first-order valence-corrected chi connectivity index (χ1v) is 6.81. The van der Waals surface area contributed by atoms with E-state index < -0.39 is 0 Å². The molecule has 0 aliphatic heterocycles. The van der Waals surface area contributed by atoms with Crippen LogP contribution in [0.5, 0.6) is 0 Å². The van der Waals surface area contributed by atoms with E-state index in [-0.39, 0.29) is 11.8 Å². The summed E-state index contributed by atoms with van der Waals surface area (Å²) in [5.41, 5.74) is 3.76.